The van der Waals surface area contributed by atoms with E-state index in [-0.39, 0.29) is 0 Å². The molecule has 90 valence electrons. The van der Waals surface area contributed by atoms with E-state index < -0.39 is 0 Å². The van der Waals surface area contributed by atoms with Crippen molar-refractivity contribution in [1.82, 2.24) is 9.88 Å². The second kappa shape index (κ2) is 4.82. The van der Waals surface area contributed by atoms with Crippen molar-refractivity contribution in [3.8, 4) is 0 Å². The minimum absolute atomic E-state index is 0.474. The maximum Gasteiger partial charge on any atom is 0.0900 e. The van der Waals surface area contributed by atoms with Gasteiger partial charge in [-0.25, -0.2) is 4.98 Å². The number of hydrogen-bond donors (Lipinski definition) is 1. The van der Waals surface area contributed by atoms with Gasteiger partial charge in [0.25, 0.3) is 0 Å². The molecule has 16 heavy (non-hydrogen) atoms. The summed E-state index contributed by atoms with van der Waals surface area (Å²) < 4.78 is 0. The van der Waals surface area contributed by atoms with E-state index in [2.05, 4.69) is 30.7 Å². The molecule has 2 atom stereocenters. The first-order chi connectivity index (χ1) is 7.63. The molecule has 0 bridgehead atoms. The highest BCUT2D eigenvalue weighted by molar-refractivity contribution is 7.11. The van der Waals surface area contributed by atoms with Crippen LogP contribution in [0.1, 0.15) is 41.4 Å². The van der Waals surface area contributed by atoms with E-state index in [0.29, 0.717) is 12.1 Å². The van der Waals surface area contributed by atoms with E-state index in [1.807, 2.05) is 11.3 Å². The smallest absolute Gasteiger partial charge is 0.0900 e. The molecular weight excluding hydrogens is 218 g/mol. The normalized spacial score (nSPS) is 23.9. The van der Waals surface area contributed by atoms with Crippen LogP contribution in [0.25, 0.3) is 0 Å². The first-order valence-electron chi connectivity index (χ1n) is 6.03. The van der Waals surface area contributed by atoms with E-state index in [0.717, 1.165) is 6.54 Å². The molecule has 1 aliphatic rings. The predicted molar refractivity (Wildman–Crippen MR) is 68.8 cm³/mol. The topological polar surface area (TPSA) is 42.2 Å². The fraction of sp³-hybridized carbons (Fsp3) is 0.750. The molecule has 2 rings (SSSR count). The van der Waals surface area contributed by atoms with Crippen molar-refractivity contribution < 1.29 is 0 Å². The molecule has 0 saturated carbocycles. The van der Waals surface area contributed by atoms with Crippen LogP contribution in [0.15, 0.2) is 0 Å². The molecule has 0 amide bonds. The zero-order chi connectivity index (χ0) is 11.7. The highest BCUT2D eigenvalue weighted by atomic mass is 32.1. The van der Waals surface area contributed by atoms with Crippen LogP contribution in [0.5, 0.6) is 0 Å². The van der Waals surface area contributed by atoms with Crippen molar-refractivity contribution >= 4 is 11.3 Å². The van der Waals surface area contributed by atoms with Gasteiger partial charge in [0.15, 0.2) is 0 Å². The summed E-state index contributed by atoms with van der Waals surface area (Å²) in [6.45, 7) is 8.44. The van der Waals surface area contributed by atoms with Crippen LogP contribution in [0.2, 0.25) is 0 Å². The molecule has 0 aromatic carbocycles. The van der Waals surface area contributed by atoms with Crippen molar-refractivity contribution in [2.75, 3.05) is 13.1 Å². The predicted octanol–water partition coefficient (Wildman–Crippen LogP) is 2.24. The standard InChI is InChI=1S/C12H21N3S/c1-8-12(16-10(3)14-8)9(2)15-6-4-5-11(15)7-13/h9,11H,4-7,13H2,1-3H3. The Kier molecular flexibility index (Phi) is 3.62. The lowest BCUT2D eigenvalue weighted by Crippen LogP contribution is -2.37. The molecule has 0 radical (unpaired) electrons. The largest absolute Gasteiger partial charge is 0.329 e. The SMILES string of the molecule is Cc1nc(C)c(C(C)N2CCCC2CN)s1. The fourth-order valence-electron chi connectivity index (χ4n) is 2.71. The maximum atomic E-state index is 5.83. The number of thiazole rings is 1. The number of aryl methyl sites for hydroxylation is 2. The van der Waals surface area contributed by atoms with Crippen LogP contribution in [0.3, 0.4) is 0 Å². The lowest BCUT2D eigenvalue weighted by atomic mass is 10.1. The average molecular weight is 239 g/mol. The van der Waals surface area contributed by atoms with E-state index >= 15 is 0 Å². The summed E-state index contributed by atoms with van der Waals surface area (Å²) in [6, 6.07) is 1.04. The fourth-order valence-corrected chi connectivity index (χ4v) is 3.71. The Morgan fingerprint density at radius 2 is 2.31 bits per heavy atom. The van der Waals surface area contributed by atoms with Crippen molar-refractivity contribution in [2.45, 2.75) is 45.7 Å². The van der Waals surface area contributed by atoms with E-state index in [9.17, 15) is 0 Å². The quantitative estimate of drug-likeness (QED) is 0.879. The second-order valence-electron chi connectivity index (χ2n) is 4.63. The Hall–Kier alpha value is -0.450. The summed E-state index contributed by atoms with van der Waals surface area (Å²) in [5, 5.41) is 1.17. The number of nitrogens with zero attached hydrogens (tertiary/aromatic N) is 2. The molecule has 1 aromatic rings. The number of aromatic nitrogens is 1. The van der Waals surface area contributed by atoms with Crippen LogP contribution >= 0.6 is 11.3 Å². The number of nitrogens with two attached hydrogens (primary N) is 1. The summed E-state index contributed by atoms with van der Waals surface area (Å²) in [6.07, 6.45) is 2.53. The Morgan fingerprint density at radius 3 is 2.88 bits per heavy atom. The van der Waals surface area contributed by atoms with Crippen LogP contribution in [-0.4, -0.2) is 29.0 Å². The van der Waals surface area contributed by atoms with Crippen LogP contribution in [-0.2, 0) is 0 Å². The third-order valence-corrected chi connectivity index (χ3v) is 4.75. The number of likely N-dealkylation sites (tertiary alicyclic amines) is 1. The average Bonchev–Trinajstić information content (AvgIpc) is 2.83. The van der Waals surface area contributed by atoms with Gasteiger partial charge < -0.3 is 5.73 Å². The molecule has 2 heterocycles. The molecule has 1 fully saturated rings. The summed E-state index contributed by atoms with van der Waals surface area (Å²) in [7, 11) is 0. The van der Waals surface area contributed by atoms with Gasteiger partial charge in [-0.05, 0) is 40.2 Å². The molecule has 0 aliphatic carbocycles. The zero-order valence-electron chi connectivity index (χ0n) is 10.4. The molecule has 1 aliphatic heterocycles. The molecule has 4 heteroatoms. The van der Waals surface area contributed by atoms with E-state index in [4.69, 9.17) is 5.73 Å². The second-order valence-corrected chi connectivity index (χ2v) is 5.86. The van der Waals surface area contributed by atoms with Gasteiger partial charge in [-0.15, -0.1) is 11.3 Å². The minimum Gasteiger partial charge on any atom is -0.329 e. The Labute approximate surface area is 102 Å². The Bertz CT molecular complexity index is 361. The van der Waals surface area contributed by atoms with Gasteiger partial charge in [0, 0.05) is 23.5 Å². The Morgan fingerprint density at radius 1 is 1.56 bits per heavy atom. The van der Waals surface area contributed by atoms with E-state index in [1.54, 1.807) is 0 Å². The molecule has 2 N–H and O–H groups in total. The summed E-state index contributed by atoms with van der Waals surface area (Å²) >= 11 is 1.83. The lowest BCUT2D eigenvalue weighted by Gasteiger charge is -2.29. The van der Waals surface area contributed by atoms with Gasteiger partial charge in [0.1, 0.15) is 0 Å². The maximum absolute atomic E-state index is 5.83. The Balaban J connectivity index is 2.18. The van der Waals surface area contributed by atoms with Crippen LogP contribution in [0, 0.1) is 13.8 Å². The highest BCUT2D eigenvalue weighted by Crippen LogP contribution is 2.33. The third kappa shape index (κ3) is 2.14. The first-order valence-corrected chi connectivity index (χ1v) is 6.85. The third-order valence-electron chi connectivity index (χ3n) is 3.51. The molecule has 3 nitrogen and oxygen atoms in total. The molecule has 1 saturated heterocycles. The monoisotopic (exact) mass is 239 g/mol. The highest BCUT2D eigenvalue weighted by Gasteiger charge is 2.29. The summed E-state index contributed by atoms with van der Waals surface area (Å²) in [5.74, 6) is 0. The zero-order valence-corrected chi connectivity index (χ0v) is 11.2. The van der Waals surface area contributed by atoms with Crippen molar-refractivity contribution in [1.29, 1.82) is 0 Å². The van der Waals surface area contributed by atoms with Gasteiger partial charge in [0.05, 0.1) is 10.7 Å². The first kappa shape index (κ1) is 12.0. The lowest BCUT2D eigenvalue weighted by molar-refractivity contribution is 0.199. The molecule has 0 spiro atoms. The summed E-state index contributed by atoms with van der Waals surface area (Å²) in [4.78, 5) is 8.47. The number of hydrogen-bond acceptors (Lipinski definition) is 4. The molecule has 1 aromatic heterocycles. The van der Waals surface area contributed by atoms with Gasteiger partial charge in [-0.1, -0.05) is 0 Å². The minimum atomic E-state index is 0.474. The van der Waals surface area contributed by atoms with Crippen molar-refractivity contribution in [2.24, 2.45) is 5.73 Å². The van der Waals surface area contributed by atoms with Gasteiger partial charge in [-0.3, -0.25) is 4.90 Å². The van der Waals surface area contributed by atoms with E-state index in [1.165, 1.54) is 35.0 Å². The van der Waals surface area contributed by atoms with Crippen LogP contribution in [0.4, 0.5) is 0 Å². The molecule has 2 unspecified atom stereocenters. The van der Waals surface area contributed by atoms with Crippen molar-refractivity contribution in [3.63, 3.8) is 0 Å². The van der Waals surface area contributed by atoms with Crippen molar-refractivity contribution in [3.05, 3.63) is 15.6 Å². The van der Waals surface area contributed by atoms with Gasteiger partial charge in [0.2, 0.25) is 0 Å². The number of rotatable bonds is 3. The molecular formula is C12H21N3S. The summed E-state index contributed by atoms with van der Waals surface area (Å²) in [5.41, 5.74) is 7.02. The van der Waals surface area contributed by atoms with Crippen LogP contribution < -0.4 is 5.73 Å². The van der Waals surface area contributed by atoms with Gasteiger partial charge in [-0.2, -0.15) is 0 Å². The van der Waals surface area contributed by atoms with Gasteiger partial charge >= 0.3 is 0 Å².